The Morgan fingerprint density at radius 2 is 2.50 bits per heavy atom. The van der Waals surface area contributed by atoms with Gasteiger partial charge in [0, 0.05) is 6.20 Å². The van der Waals surface area contributed by atoms with Crippen molar-refractivity contribution in [2.24, 2.45) is 0 Å². The summed E-state index contributed by atoms with van der Waals surface area (Å²) in [7, 11) is 0. The van der Waals surface area contributed by atoms with Gasteiger partial charge in [-0.15, -0.1) is 0 Å². The van der Waals surface area contributed by atoms with E-state index in [9.17, 15) is 4.79 Å². The zero-order chi connectivity index (χ0) is 9.97. The fraction of sp³-hybridized carbons (Fsp3) is 0.111. The number of rotatable bonds is 2. The summed E-state index contributed by atoms with van der Waals surface area (Å²) < 4.78 is 6.21. The Morgan fingerprint density at radius 3 is 3.07 bits per heavy atom. The van der Waals surface area contributed by atoms with Crippen molar-refractivity contribution >= 4 is 5.97 Å². The van der Waals surface area contributed by atoms with E-state index >= 15 is 0 Å². The van der Waals surface area contributed by atoms with Crippen LogP contribution in [-0.2, 0) is 0 Å². The molecule has 0 bridgehead atoms. The van der Waals surface area contributed by atoms with E-state index in [4.69, 9.17) is 9.25 Å². The topological polar surface area (TPSA) is 57.3 Å². The second-order valence-corrected chi connectivity index (χ2v) is 2.69. The molecule has 0 saturated heterocycles. The molecule has 5 heteroatoms. The molecule has 0 spiro atoms. The van der Waals surface area contributed by atoms with E-state index in [-0.39, 0.29) is 0 Å². The van der Waals surface area contributed by atoms with Crippen molar-refractivity contribution in [3.05, 3.63) is 42.4 Å². The summed E-state index contributed by atoms with van der Waals surface area (Å²) in [5, 5.41) is 0. The lowest BCUT2D eigenvalue weighted by atomic mass is 10.3. The van der Waals surface area contributed by atoms with Crippen LogP contribution in [-0.4, -0.2) is 15.7 Å². The highest BCUT2D eigenvalue weighted by Crippen LogP contribution is 2.08. The Balaban J connectivity index is 2.14. The minimum Gasteiger partial charge on any atom is -0.469 e. The van der Waals surface area contributed by atoms with E-state index in [0.29, 0.717) is 11.3 Å². The molecule has 0 atom stereocenters. The van der Waals surface area contributed by atoms with Crippen molar-refractivity contribution in [2.75, 3.05) is 0 Å². The van der Waals surface area contributed by atoms with Crippen molar-refractivity contribution in [1.29, 1.82) is 0 Å². The van der Waals surface area contributed by atoms with Crippen LogP contribution in [0.5, 0.6) is 0 Å². The largest absolute Gasteiger partial charge is 0.469 e. The third-order valence-corrected chi connectivity index (χ3v) is 1.75. The van der Waals surface area contributed by atoms with Crippen LogP contribution >= 0.6 is 0 Å². The number of carbonyl (C=O) groups excluding carboxylic acids is 1. The number of hydrogen-bond donors (Lipinski definition) is 0. The average Bonchev–Trinajstić information content (AvgIpc) is 2.75. The van der Waals surface area contributed by atoms with Crippen LogP contribution in [0.4, 0.5) is 0 Å². The number of carbonyl (C=O) groups is 1. The summed E-state index contributed by atoms with van der Waals surface area (Å²) in [4.78, 5) is 20.1. The number of imidazole rings is 1. The van der Waals surface area contributed by atoms with Crippen molar-refractivity contribution in [3.8, 4) is 0 Å². The molecule has 2 rings (SSSR count). The van der Waals surface area contributed by atoms with Gasteiger partial charge >= 0.3 is 5.97 Å². The average molecular weight is 192 g/mol. The smallest absolute Gasteiger partial charge is 0.367 e. The van der Waals surface area contributed by atoms with Crippen LogP contribution < -0.4 is 4.84 Å². The fourth-order valence-corrected chi connectivity index (χ4v) is 1.04. The Morgan fingerprint density at radius 1 is 1.64 bits per heavy atom. The third kappa shape index (κ3) is 1.52. The molecule has 5 nitrogen and oxygen atoms in total. The highest BCUT2D eigenvalue weighted by atomic mass is 16.7. The lowest BCUT2D eigenvalue weighted by Gasteiger charge is -2.01. The van der Waals surface area contributed by atoms with Gasteiger partial charge in [0.05, 0.1) is 12.5 Å². The van der Waals surface area contributed by atoms with Gasteiger partial charge in [0.25, 0.3) is 0 Å². The quantitative estimate of drug-likeness (QED) is 0.713. The van der Waals surface area contributed by atoms with Gasteiger partial charge in [-0.25, -0.2) is 9.78 Å². The molecule has 0 aliphatic rings. The minimum absolute atomic E-state index is 0.415. The third-order valence-electron chi connectivity index (χ3n) is 1.75. The summed E-state index contributed by atoms with van der Waals surface area (Å²) in [6.07, 6.45) is 5.90. The summed E-state index contributed by atoms with van der Waals surface area (Å²) in [5.74, 6) is 0.0735. The molecule has 0 amide bonds. The predicted octanol–water partition coefficient (Wildman–Crippen LogP) is 1.05. The Hall–Kier alpha value is -2.04. The van der Waals surface area contributed by atoms with Crippen molar-refractivity contribution in [2.45, 2.75) is 6.92 Å². The van der Waals surface area contributed by atoms with Gasteiger partial charge in [-0.1, -0.05) is 0 Å². The molecule has 0 aliphatic carbocycles. The second kappa shape index (κ2) is 3.37. The minimum atomic E-state index is -0.464. The maximum Gasteiger partial charge on any atom is 0.367 e. The molecule has 0 radical (unpaired) electrons. The standard InChI is InChI=1S/C9H8N2O3/c1-7-8(2-5-13-7)9(12)14-11-4-3-10-6-11/h2-6H,1H3. The first-order chi connectivity index (χ1) is 6.77. The highest BCUT2D eigenvalue weighted by Gasteiger charge is 2.13. The van der Waals surface area contributed by atoms with Crippen molar-refractivity contribution in [1.82, 2.24) is 9.71 Å². The van der Waals surface area contributed by atoms with Crippen LogP contribution in [0.1, 0.15) is 16.1 Å². The van der Waals surface area contributed by atoms with E-state index in [1.54, 1.807) is 13.0 Å². The fourth-order valence-electron chi connectivity index (χ4n) is 1.04. The maximum absolute atomic E-state index is 11.5. The Bertz CT molecular complexity index is 431. The molecule has 0 unspecified atom stereocenters. The van der Waals surface area contributed by atoms with Gasteiger partial charge in [0.2, 0.25) is 0 Å². The molecule has 0 N–H and O–H groups in total. The summed E-state index contributed by atoms with van der Waals surface area (Å²) in [5.41, 5.74) is 0.415. The van der Waals surface area contributed by atoms with E-state index in [2.05, 4.69) is 4.98 Å². The molecule has 0 aromatic carbocycles. The van der Waals surface area contributed by atoms with Crippen LogP contribution in [0, 0.1) is 6.92 Å². The molecular formula is C9H8N2O3. The first-order valence-electron chi connectivity index (χ1n) is 4.02. The van der Waals surface area contributed by atoms with Gasteiger partial charge in [0.15, 0.2) is 0 Å². The Labute approximate surface area is 79.9 Å². The van der Waals surface area contributed by atoms with Crippen LogP contribution in [0.15, 0.2) is 35.5 Å². The van der Waals surface area contributed by atoms with Gasteiger partial charge in [0.1, 0.15) is 17.7 Å². The van der Waals surface area contributed by atoms with Crippen molar-refractivity contribution in [3.63, 3.8) is 0 Å². The second-order valence-electron chi connectivity index (χ2n) is 2.69. The van der Waals surface area contributed by atoms with E-state index in [0.717, 1.165) is 0 Å². The summed E-state index contributed by atoms with van der Waals surface area (Å²) >= 11 is 0. The van der Waals surface area contributed by atoms with Crippen molar-refractivity contribution < 1.29 is 14.0 Å². The predicted molar refractivity (Wildman–Crippen MR) is 46.6 cm³/mol. The van der Waals surface area contributed by atoms with Gasteiger partial charge < -0.3 is 9.25 Å². The molecule has 0 saturated carbocycles. The van der Waals surface area contributed by atoms with E-state index < -0.39 is 5.97 Å². The van der Waals surface area contributed by atoms with Gasteiger partial charge in [-0.3, -0.25) is 0 Å². The Kier molecular flexibility index (Phi) is 2.06. The van der Waals surface area contributed by atoms with E-state index in [1.807, 2.05) is 0 Å². The zero-order valence-electron chi connectivity index (χ0n) is 7.51. The number of nitrogens with zero attached hydrogens (tertiary/aromatic N) is 2. The number of aromatic nitrogens is 2. The molecular weight excluding hydrogens is 184 g/mol. The lowest BCUT2D eigenvalue weighted by molar-refractivity contribution is 0.0458. The summed E-state index contributed by atoms with van der Waals surface area (Å²) in [6, 6.07) is 1.56. The van der Waals surface area contributed by atoms with Gasteiger partial charge in [-0.2, -0.15) is 4.73 Å². The highest BCUT2D eigenvalue weighted by molar-refractivity contribution is 5.90. The van der Waals surface area contributed by atoms with Crippen LogP contribution in [0.3, 0.4) is 0 Å². The molecule has 2 heterocycles. The molecule has 2 aromatic heterocycles. The van der Waals surface area contributed by atoms with Crippen LogP contribution in [0.2, 0.25) is 0 Å². The molecule has 2 aromatic rings. The monoisotopic (exact) mass is 192 g/mol. The maximum atomic E-state index is 11.5. The number of furan rings is 1. The number of aryl methyl sites for hydroxylation is 1. The van der Waals surface area contributed by atoms with Crippen LogP contribution in [0.25, 0.3) is 0 Å². The molecule has 0 aliphatic heterocycles. The van der Waals surface area contributed by atoms with E-state index in [1.165, 1.54) is 29.7 Å². The number of hydrogen-bond acceptors (Lipinski definition) is 4. The normalized spacial score (nSPS) is 10.1. The SMILES string of the molecule is Cc1occc1C(=O)On1ccnc1. The lowest BCUT2D eigenvalue weighted by Crippen LogP contribution is -2.18. The first-order valence-corrected chi connectivity index (χ1v) is 4.02. The molecule has 0 fully saturated rings. The molecule has 72 valence electrons. The van der Waals surface area contributed by atoms with Gasteiger partial charge in [-0.05, 0) is 13.0 Å². The first kappa shape index (κ1) is 8.55. The molecule has 14 heavy (non-hydrogen) atoms. The zero-order valence-corrected chi connectivity index (χ0v) is 7.51. The summed E-state index contributed by atoms with van der Waals surface area (Å²) in [6.45, 7) is 1.70.